The second-order valence-corrected chi connectivity index (χ2v) is 10.1. The van der Waals surface area contributed by atoms with Crippen LogP contribution in [-0.2, 0) is 14.8 Å². The molecule has 0 saturated heterocycles. The normalized spacial score (nSPS) is 15.4. The predicted molar refractivity (Wildman–Crippen MR) is 133 cm³/mol. The number of fused-ring (bicyclic) bond motifs is 1. The SMILES string of the molecule is CC(=O)N1c2ccc(-c3ccc(NS(C)(=O)=O)cc3)cc2N(C(=O)Oc2ccc(F)cc2)C[C@@H]1C. The minimum absolute atomic E-state index is 0.158. The molecule has 3 aromatic carbocycles. The zero-order valence-electron chi connectivity index (χ0n) is 19.4. The lowest BCUT2D eigenvalue weighted by Crippen LogP contribution is -2.52. The van der Waals surface area contributed by atoms with Gasteiger partial charge in [0.25, 0.3) is 0 Å². The highest BCUT2D eigenvalue weighted by atomic mass is 32.2. The van der Waals surface area contributed by atoms with Crippen LogP contribution in [0.2, 0.25) is 0 Å². The highest BCUT2D eigenvalue weighted by Crippen LogP contribution is 2.39. The molecule has 0 aromatic heterocycles. The molecule has 8 nitrogen and oxygen atoms in total. The van der Waals surface area contributed by atoms with Gasteiger partial charge in [-0.1, -0.05) is 18.2 Å². The predicted octanol–water partition coefficient (Wildman–Crippen LogP) is 4.62. The molecule has 0 aliphatic carbocycles. The van der Waals surface area contributed by atoms with Gasteiger partial charge in [0.05, 0.1) is 23.7 Å². The fourth-order valence-corrected chi connectivity index (χ4v) is 4.63. The first kappa shape index (κ1) is 24.2. The zero-order valence-corrected chi connectivity index (χ0v) is 20.2. The third-order valence-electron chi connectivity index (χ3n) is 5.51. The van der Waals surface area contributed by atoms with E-state index in [1.807, 2.05) is 13.0 Å². The molecule has 1 heterocycles. The molecular formula is C25H24FN3O5S. The van der Waals surface area contributed by atoms with E-state index in [2.05, 4.69) is 4.72 Å². The third-order valence-corrected chi connectivity index (χ3v) is 6.12. The summed E-state index contributed by atoms with van der Waals surface area (Å²) >= 11 is 0. The maximum absolute atomic E-state index is 13.2. The molecule has 1 N–H and O–H groups in total. The van der Waals surface area contributed by atoms with Crippen LogP contribution in [0.15, 0.2) is 66.7 Å². The number of benzene rings is 3. The Bertz CT molecular complexity index is 1380. The summed E-state index contributed by atoms with van der Waals surface area (Å²) < 4.78 is 44.1. The zero-order chi connectivity index (χ0) is 25.3. The van der Waals surface area contributed by atoms with E-state index in [9.17, 15) is 22.4 Å². The van der Waals surface area contributed by atoms with Crippen molar-refractivity contribution in [2.24, 2.45) is 0 Å². The van der Waals surface area contributed by atoms with E-state index in [1.54, 1.807) is 41.3 Å². The number of hydrogen-bond donors (Lipinski definition) is 1. The number of ether oxygens (including phenoxy) is 1. The number of carbonyl (C=O) groups is 2. The molecule has 0 saturated carbocycles. The number of rotatable bonds is 4. The van der Waals surface area contributed by atoms with Crippen LogP contribution in [0.3, 0.4) is 0 Å². The van der Waals surface area contributed by atoms with Gasteiger partial charge in [-0.3, -0.25) is 14.4 Å². The Morgan fingerprint density at radius 3 is 2.20 bits per heavy atom. The van der Waals surface area contributed by atoms with Crippen molar-refractivity contribution in [2.75, 3.05) is 27.3 Å². The van der Waals surface area contributed by atoms with Crippen LogP contribution in [0.5, 0.6) is 5.75 Å². The Balaban J connectivity index is 1.70. The molecular weight excluding hydrogens is 473 g/mol. The summed E-state index contributed by atoms with van der Waals surface area (Å²) in [5, 5.41) is 0. The number of anilines is 3. The van der Waals surface area contributed by atoms with Gasteiger partial charge in [0, 0.05) is 19.2 Å². The number of amides is 2. The Kier molecular flexibility index (Phi) is 6.49. The van der Waals surface area contributed by atoms with Crippen molar-refractivity contribution in [1.82, 2.24) is 0 Å². The van der Waals surface area contributed by atoms with Gasteiger partial charge >= 0.3 is 6.09 Å². The molecule has 0 bridgehead atoms. The molecule has 1 aliphatic heterocycles. The molecule has 1 aliphatic rings. The molecule has 0 spiro atoms. The Morgan fingerprint density at radius 2 is 1.60 bits per heavy atom. The summed E-state index contributed by atoms with van der Waals surface area (Å²) in [4.78, 5) is 28.6. The summed E-state index contributed by atoms with van der Waals surface area (Å²) in [6.07, 6.45) is 0.420. The molecule has 4 rings (SSSR count). The van der Waals surface area contributed by atoms with E-state index in [4.69, 9.17) is 4.74 Å². The molecule has 182 valence electrons. The lowest BCUT2D eigenvalue weighted by atomic mass is 10.0. The quantitative estimate of drug-likeness (QED) is 0.567. The van der Waals surface area contributed by atoms with Crippen molar-refractivity contribution < 1.29 is 27.1 Å². The maximum atomic E-state index is 13.2. The fraction of sp³-hybridized carbons (Fsp3) is 0.200. The van der Waals surface area contributed by atoms with Gasteiger partial charge in [0.15, 0.2) is 0 Å². The number of halogens is 1. The topological polar surface area (TPSA) is 96.0 Å². The molecule has 1 atom stereocenters. The Morgan fingerprint density at radius 1 is 0.971 bits per heavy atom. The molecule has 0 unspecified atom stereocenters. The van der Waals surface area contributed by atoms with Crippen LogP contribution in [0.25, 0.3) is 11.1 Å². The lowest BCUT2D eigenvalue weighted by Gasteiger charge is -2.40. The van der Waals surface area contributed by atoms with Gasteiger partial charge in [-0.05, 0) is 66.6 Å². The highest BCUT2D eigenvalue weighted by Gasteiger charge is 2.34. The van der Waals surface area contributed by atoms with Crippen molar-refractivity contribution in [3.63, 3.8) is 0 Å². The standard InChI is InChI=1S/C25H24FN3O5S/c1-16-15-28(25(31)34-22-11-7-20(26)8-12-22)24-14-19(6-13-23(24)29(16)17(2)30)18-4-9-21(10-5-18)27-35(3,32)33/h4-14,16,27H,15H2,1-3H3/t16-/m0/s1. The van der Waals surface area contributed by atoms with Crippen molar-refractivity contribution >= 4 is 39.1 Å². The van der Waals surface area contributed by atoms with E-state index in [1.165, 1.54) is 36.1 Å². The molecule has 2 amide bonds. The average molecular weight is 498 g/mol. The van der Waals surface area contributed by atoms with Gasteiger partial charge in [-0.15, -0.1) is 0 Å². The Hall–Kier alpha value is -3.92. The summed E-state index contributed by atoms with van der Waals surface area (Å²) in [6, 6.07) is 17.0. The molecule has 0 radical (unpaired) electrons. The van der Waals surface area contributed by atoms with Crippen molar-refractivity contribution in [3.8, 4) is 16.9 Å². The van der Waals surface area contributed by atoms with Gasteiger partial charge < -0.3 is 9.64 Å². The minimum atomic E-state index is -3.40. The maximum Gasteiger partial charge on any atom is 0.419 e. The van der Waals surface area contributed by atoms with Gasteiger partial charge in [-0.2, -0.15) is 0 Å². The van der Waals surface area contributed by atoms with E-state index in [0.717, 1.165) is 17.4 Å². The average Bonchev–Trinajstić information content (AvgIpc) is 2.79. The Labute approximate surface area is 203 Å². The highest BCUT2D eigenvalue weighted by molar-refractivity contribution is 7.92. The molecule has 0 fully saturated rings. The van der Waals surface area contributed by atoms with Crippen LogP contribution >= 0.6 is 0 Å². The van der Waals surface area contributed by atoms with E-state index in [0.29, 0.717) is 17.1 Å². The monoisotopic (exact) mass is 497 g/mol. The number of hydrogen-bond acceptors (Lipinski definition) is 5. The number of sulfonamides is 1. The second kappa shape index (κ2) is 9.38. The van der Waals surface area contributed by atoms with Crippen LogP contribution in [-0.4, -0.2) is 39.3 Å². The first-order chi connectivity index (χ1) is 16.5. The fourth-order valence-electron chi connectivity index (χ4n) is 4.06. The van der Waals surface area contributed by atoms with E-state index >= 15 is 0 Å². The summed E-state index contributed by atoms with van der Waals surface area (Å²) in [6.45, 7) is 3.51. The first-order valence-corrected chi connectivity index (χ1v) is 12.7. The van der Waals surface area contributed by atoms with Crippen LogP contribution < -0.4 is 19.3 Å². The van der Waals surface area contributed by atoms with E-state index in [-0.39, 0.29) is 24.2 Å². The third kappa shape index (κ3) is 5.43. The largest absolute Gasteiger partial charge is 0.419 e. The van der Waals surface area contributed by atoms with Crippen molar-refractivity contribution in [3.05, 3.63) is 72.5 Å². The van der Waals surface area contributed by atoms with Gasteiger partial charge in [0.2, 0.25) is 15.9 Å². The van der Waals surface area contributed by atoms with Crippen molar-refractivity contribution in [1.29, 1.82) is 0 Å². The number of nitrogens with zero attached hydrogens (tertiary/aromatic N) is 2. The number of nitrogens with one attached hydrogen (secondary N) is 1. The van der Waals surface area contributed by atoms with Crippen LogP contribution in [0, 0.1) is 5.82 Å². The summed E-state index contributed by atoms with van der Waals surface area (Å²) in [5.41, 5.74) is 3.02. The smallest absolute Gasteiger partial charge is 0.410 e. The number of carbonyl (C=O) groups excluding carboxylic acids is 2. The second-order valence-electron chi connectivity index (χ2n) is 8.33. The lowest BCUT2D eigenvalue weighted by molar-refractivity contribution is -0.117. The van der Waals surface area contributed by atoms with Gasteiger partial charge in [0.1, 0.15) is 11.6 Å². The van der Waals surface area contributed by atoms with Crippen molar-refractivity contribution in [2.45, 2.75) is 19.9 Å². The molecule has 3 aromatic rings. The molecule has 35 heavy (non-hydrogen) atoms. The summed E-state index contributed by atoms with van der Waals surface area (Å²) in [7, 11) is -3.40. The van der Waals surface area contributed by atoms with Crippen LogP contribution in [0.4, 0.5) is 26.2 Å². The van der Waals surface area contributed by atoms with Crippen LogP contribution in [0.1, 0.15) is 13.8 Å². The first-order valence-electron chi connectivity index (χ1n) is 10.8. The van der Waals surface area contributed by atoms with Gasteiger partial charge in [-0.25, -0.2) is 17.6 Å². The summed E-state index contributed by atoms with van der Waals surface area (Å²) in [5.74, 6) is -0.403. The molecule has 10 heteroatoms. The minimum Gasteiger partial charge on any atom is -0.410 e. The van der Waals surface area contributed by atoms with E-state index < -0.39 is 21.9 Å².